The second-order valence-electron chi connectivity index (χ2n) is 8.86. The molecular weight excluding hydrogens is 543 g/mol. The average molecular weight is 568 g/mol. The number of morpholine rings is 1. The topological polar surface area (TPSA) is 99.3 Å². The third kappa shape index (κ3) is 4.80. The molecule has 0 bridgehead atoms. The molecule has 2 fully saturated rings. The highest BCUT2D eigenvalue weighted by Crippen LogP contribution is 2.54. The van der Waals surface area contributed by atoms with Gasteiger partial charge in [0.25, 0.3) is 0 Å². The molecule has 1 aromatic heterocycles. The van der Waals surface area contributed by atoms with Crippen molar-refractivity contribution in [3.63, 3.8) is 0 Å². The maximum atomic E-state index is 14.9. The van der Waals surface area contributed by atoms with Gasteiger partial charge in [-0.15, -0.1) is 16.8 Å². The Labute approximate surface area is 232 Å². The number of carbonyl (C=O) groups is 1. The number of para-hydroxylation sites is 1. The molecule has 3 heterocycles. The minimum atomic E-state index is -4.92. The Balaban J connectivity index is 1.76. The van der Waals surface area contributed by atoms with Crippen molar-refractivity contribution in [3.05, 3.63) is 89.7 Å². The summed E-state index contributed by atoms with van der Waals surface area (Å²) in [6.45, 7) is 5.43. The molecule has 2 saturated heterocycles. The van der Waals surface area contributed by atoms with E-state index < -0.39 is 17.1 Å². The van der Waals surface area contributed by atoms with Crippen LogP contribution in [0.3, 0.4) is 0 Å². The van der Waals surface area contributed by atoms with Crippen LogP contribution in [0.5, 0.6) is 0 Å². The van der Waals surface area contributed by atoms with Crippen molar-refractivity contribution in [1.82, 2.24) is 25.0 Å². The van der Waals surface area contributed by atoms with Crippen LogP contribution in [0.15, 0.2) is 78.3 Å². The molecule has 206 valence electrons. The van der Waals surface area contributed by atoms with E-state index in [0.717, 1.165) is 4.90 Å². The van der Waals surface area contributed by atoms with Gasteiger partial charge in [-0.05, 0) is 17.7 Å². The van der Waals surface area contributed by atoms with Crippen LogP contribution in [-0.4, -0.2) is 64.7 Å². The highest BCUT2D eigenvalue weighted by molar-refractivity contribution is 8.04. The van der Waals surface area contributed by atoms with E-state index in [9.17, 15) is 23.2 Å². The van der Waals surface area contributed by atoms with Crippen molar-refractivity contribution in [2.24, 2.45) is 0 Å². The Bertz CT molecular complexity index is 1460. The first-order chi connectivity index (χ1) is 19.3. The van der Waals surface area contributed by atoms with E-state index in [2.05, 4.69) is 22.1 Å². The summed E-state index contributed by atoms with van der Waals surface area (Å²) >= 11 is 0.331. The molecule has 0 saturated carbocycles. The highest BCUT2D eigenvalue weighted by Gasteiger charge is 2.62. The molecule has 13 heteroatoms. The number of nitrogens with zero attached hydrogens (tertiary/aromatic N) is 6. The van der Waals surface area contributed by atoms with Crippen LogP contribution in [-0.2, 0) is 9.61 Å². The molecule has 0 aliphatic carbocycles. The molecule has 1 unspecified atom stereocenters. The van der Waals surface area contributed by atoms with Crippen LogP contribution in [0.1, 0.15) is 11.4 Å². The zero-order valence-electron chi connectivity index (χ0n) is 21.1. The van der Waals surface area contributed by atoms with Gasteiger partial charge >= 0.3 is 12.2 Å². The molecule has 2 aliphatic heterocycles. The van der Waals surface area contributed by atoms with Gasteiger partial charge in [0, 0.05) is 19.6 Å². The number of urea groups is 1. The third-order valence-corrected chi connectivity index (χ3v) is 7.91. The maximum absolute atomic E-state index is 14.9. The largest absolute Gasteiger partial charge is 0.425 e. The van der Waals surface area contributed by atoms with E-state index in [1.807, 2.05) is 17.0 Å². The van der Waals surface area contributed by atoms with Gasteiger partial charge in [-0.1, -0.05) is 66.4 Å². The highest BCUT2D eigenvalue weighted by atomic mass is 32.2. The Morgan fingerprint density at radius 1 is 1.12 bits per heavy atom. The minimum absolute atomic E-state index is 0.00518. The van der Waals surface area contributed by atoms with Crippen LogP contribution < -0.4 is 10.2 Å². The summed E-state index contributed by atoms with van der Waals surface area (Å²) in [6.07, 6.45) is -3.55. The van der Waals surface area contributed by atoms with Gasteiger partial charge in [0.05, 0.1) is 18.9 Å². The van der Waals surface area contributed by atoms with Crippen molar-refractivity contribution in [2.75, 3.05) is 37.7 Å². The number of hydrogen-bond acceptors (Lipinski definition) is 7. The van der Waals surface area contributed by atoms with E-state index >= 15 is 0 Å². The quantitative estimate of drug-likeness (QED) is 0.342. The van der Waals surface area contributed by atoms with Gasteiger partial charge in [-0.2, -0.15) is 18.4 Å². The van der Waals surface area contributed by atoms with Gasteiger partial charge in [-0.3, -0.25) is 9.47 Å². The van der Waals surface area contributed by atoms with Crippen molar-refractivity contribution in [1.29, 1.82) is 5.26 Å². The monoisotopic (exact) mass is 567 g/mol. The van der Waals surface area contributed by atoms with Gasteiger partial charge in [0.1, 0.15) is 16.7 Å². The van der Waals surface area contributed by atoms with Crippen LogP contribution in [0.2, 0.25) is 0 Å². The molecule has 0 radical (unpaired) electrons. The molecule has 1 N–H and O–H groups in total. The van der Waals surface area contributed by atoms with E-state index in [1.165, 1.54) is 30.3 Å². The Kier molecular flexibility index (Phi) is 7.55. The lowest BCUT2D eigenvalue weighted by atomic mass is 10.1. The summed E-state index contributed by atoms with van der Waals surface area (Å²) in [4.78, 5) is 13.5. The molecule has 5 rings (SSSR count). The summed E-state index contributed by atoms with van der Waals surface area (Å²) < 4.78 is 51.7. The van der Waals surface area contributed by atoms with Crippen LogP contribution in [0.25, 0.3) is 11.3 Å². The molecule has 2 amide bonds. The molecule has 40 heavy (non-hydrogen) atoms. The molecule has 2 aromatic carbocycles. The molecule has 0 spiro atoms. The first kappa shape index (κ1) is 27.3. The minimum Gasteiger partial charge on any atom is -0.378 e. The number of ether oxygens (including phenoxy) is 1. The average Bonchev–Trinajstić information content (AvgIpc) is 3.40. The van der Waals surface area contributed by atoms with Crippen molar-refractivity contribution in [2.45, 2.75) is 11.0 Å². The maximum Gasteiger partial charge on any atom is 0.425 e. The second kappa shape index (κ2) is 11.1. The number of nitrogens with one attached hydrogen (secondary N) is 1. The number of alkyl halides is 3. The molecule has 3 aromatic rings. The van der Waals surface area contributed by atoms with Crippen molar-refractivity contribution in [3.8, 4) is 11.8 Å². The van der Waals surface area contributed by atoms with Crippen LogP contribution in [0.4, 0.5) is 23.9 Å². The zero-order valence-corrected chi connectivity index (χ0v) is 22.0. The number of aromatic nitrogens is 3. The molecule has 2 aliphatic rings. The standard InChI is InChI=1S/C27H24F3N7O2S/c1-2-13-36-23(40-26(27(28,29)30,32-25(36)38)19-9-5-3-6-10-19)21(18-31)22-33-34-24(35-14-16-39-17-15-35)37(22)20-11-7-4-8-12-20/h2-12H,1,13-17H2,(H,32,38)/b23-21+. The fraction of sp³-hybridized carbons (Fsp3) is 0.259. The predicted molar refractivity (Wildman–Crippen MR) is 144 cm³/mol. The second-order valence-corrected chi connectivity index (χ2v) is 10.1. The summed E-state index contributed by atoms with van der Waals surface area (Å²) in [5, 5.41) is 21.0. The number of nitriles is 1. The van der Waals surface area contributed by atoms with Gasteiger partial charge in [-0.25, -0.2) is 4.79 Å². The van der Waals surface area contributed by atoms with E-state index in [-0.39, 0.29) is 28.5 Å². The Morgan fingerprint density at radius 2 is 1.77 bits per heavy atom. The van der Waals surface area contributed by atoms with Crippen molar-refractivity contribution < 1.29 is 22.7 Å². The smallest absolute Gasteiger partial charge is 0.378 e. The first-order valence-electron chi connectivity index (χ1n) is 12.3. The summed E-state index contributed by atoms with van der Waals surface area (Å²) in [7, 11) is 0. The van der Waals surface area contributed by atoms with Crippen molar-refractivity contribution >= 4 is 29.3 Å². The fourth-order valence-electron chi connectivity index (χ4n) is 4.53. The van der Waals surface area contributed by atoms with Crippen LogP contribution in [0, 0.1) is 11.3 Å². The lowest BCUT2D eigenvalue weighted by Gasteiger charge is -2.44. The SMILES string of the molecule is C=CCN1C(=O)NC(c2ccccc2)(C(F)(F)F)S/C1=C(\C#N)c1nnc(N2CCOCC2)n1-c1ccccc1. The Morgan fingerprint density at radius 3 is 2.38 bits per heavy atom. The zero-order chi connectivity index (χ0) is 28.3. The van der Waals surface area contributed by atoms with Gasteiger partial charge in [0.15, 0.2) is 5.82 Å². The van der Waals surface area contributed by atoms with Gasteiger partial charge in [0.2, 0.25) is 10.8 Å². The number of halogens is 3. The lowest BCUT2D eigenvalue weighted by molar-refractivity contribution is -0.168. The van der Waals surface area contributed by atoms with Gasteiger partial charge < -0.3 is 15.0 Å². The first-order valence-corrected chi connectivity index (χ1v) is 13.1. The number of allylic oxidation sites excluding steroid dienone is 1. The van der Waals surface area contributed by atoms with E-state index in [0.29, 0.717) is 49.7 Å². The predicted octanol–water partition coefficient (Wildman–Crippen LogP) is 4.66. The summed E-state index contributed by atoms with van der Waals surface area (Å²) in [5.41, 5.74) is 0.178. The summed E-state index contributed by atoms with van der Waals surface area (Å²) in [6, 6.07) is 17.0. The molecule has 9 nitrogen and oxygen atoms in total. The number of rotatable bonds is 6. The molecular formula is C27H24F3N7O2S. The number of thioether (sulfide) groups is 1. The number of benzene rings is 2. The number of amides is 2. The number of carbonyl (C=O) groups excluding carboxylic acids is 1. The molecule has 1 atom stereocenters. The number of anilines is 1. The normalized spacial score (nSPS) is 21.0. The summed E-state index contributed by atoms with van der Waals surface area (Å²) in [5.74, 6) is 0.411. The fourth-order valence-corrected chi connectivity index (χ4v) is 5.83. The van der Waals surface area contributed by atoms with E-state index in [4.69, 9.17) is 4.74 Å². The number of hydrogen-bond donors (Lipinski definition) is 1. The third-order valence-electron chi connectivity index (χ3n) is 6.42. The van der Waals surface area contributed by atoms with E-state index in [1.54, 1.807) is 34.9 Å². The Hall–Kier alpha value is -4.28. The lowest BCUT2D eigenvalue weighted by Crippen LogP contribution is -2.60. The van der Waals surface area contributed by atoms with Crippen LogP contribution >= 0.6 is 11.8 Å².